The van der Waals surface area contributed by atoms with Gasteiger partial charge in [-0.1, -0.05) is 18.2 Å². The van der Waals surface area contributed by atoms with Crippen LogP contribution in [-0.4, -0.2) is 65.7 Å². The minimum Gasteiger partial charge on any atom is -0.496 e. The summed E-state index contributed by atoms with van der Waals surface area (Å²) in [6.07, 6.45) is 0. The SMILES string of the molecule is COc1ccccc1CNC(=O)N1CC2=C(C1)CN(S(=O)(=O)c1ccc3nsnc3c1)C2. The molecule has 3 aromatic rings. The number of nitrogens with zero attached hydrogens (tertiary/aromatic N) is 4. The number of rotatable bonds is 5. The summed E-state index contributed by atoms with van der Waals surface area (Å²) in [5, 5.41) is 2.92. The molecule has 2 aliphatic heterocycles. The van der Waals surface area contributed by atoms with E-state index in [4.69, 9.17) is 4.74 Å². The van der Waals surface area contributed by atoms with E-state index in [0.29, 0.717) is 43.8 Å². The summed E-state index contributed by atoms with van der Waals surface area (Å²) in [5.74, 6) is 0.724. The first kappa shape index (κ1) is 20.9. The van der Waals surface area contributed by atoms with Crippen LogP contribution in [0.2, 0.25) is 0 Å². The predicted molar refractivity (Wildman–Crippen MR) is 120 cm³/mol. The van der Waals surface area contributed by atoms with E-state index in [1.165, 1.54) is 4.31 Å². The molecule has 0 bridgehead atoms. The van der Waals surface area contributed by atoms with Crippen molar-refractivity contribution in [1.82, 2.24) is 23.3 Å². The molecule has 32 heavy (non-hydrogen) atoms. The number of benzene rings is 2. The normalized spacial score (nSPS) is 16.6. The molecule has 11 heteroatoms. The molecule has 0 saturated heterocycles. The molecular formula is C21H21N5O4S2. The lowest BCUT2D eigenvalue weighted by Gasteiger charge is -2.23. The van der Waals surface area contributed by atoms with Gasteiger partial charge < -0.3 is 15.0 Å². The van der Waals surface area contributed by atoms with Gasteiger partial charge >= 0.3 is 6.03 Å². The first-order valence-corrected chi connectivity index (χ1v) is 12.2. The lowest BCUT2D eigenvalue weighted by molar-refractivity contribution is 0.207. The van der Waals surface area contributed by atoms with Crippen molar-refractivity contribution in [3.05, 3.63) is 59.2 Å². The fourth-order valence-corrected chi connectivity index (χ4v) is 6.03. The Morgan fingerprint density at radius 1 is 1.06 bits per heavy atom. The molecule has 1 N–H and O–H groups in total. The first-order valence-electron chi connectivity index (χ1n) is 10.0. The van der Waals surface area contributed by atoms with Crippen molar-refractivity contribution in [2.45, 2.75) is 11.4 Å². The Balaban J connectivity index is 1.21. The van der Waals surface area contributed by atoms with Crippen molar-refractivity contribution in [1.29, 1.82) is 0 Å². The highest BCUT2D eigenvalue weighted by molar-refractivity contribution is 7.89. The Morgan fingerprint density at radius 2 is 1.78 bits per heavy atom. The van der Waals surface area contributed by atoms with E-state index in [2.05, 4.69) is 14.1 Å². The molecule has 2 amide bonds. The molecule has 2 aromatic carbocycles. The van der Waals surface area contributed by atoms with Crippen molar-refractivity contribution in [2.75, 3.05) is 33.3 Å². The molecule has 0 atom stereocenters. The second-order valence-electron chi connectivity index (χ2n) is 7.72. The summed E-state index contributed by atoms with van der Waals surface area (Å²) in [5.41, 5.74) is 4.13. The van der Waals surface area contributed by atoms with Crippen LogP contribution in [0, 0.1) is 0 Å². The van der Waals surface area contributed by atoms with Gasteiger partial charge in [-0.2, -0.15) is 13.1 Å². The number of sulfonamides is 1. The van der Waals surface area contributed by atoms with Crippen LogP contribution in [0.25, 0.3) is 11.0 Å². The van der Waals surface area contributed by atoms with Crippen molar-refractivity contribution in [3.8, 4) is 5.75 Å². The number of nitrogens with one attached hydrogen (secondary N) is 1. The topological polar surface area (TPSA) is 105 Å². The number of aromatic nitrogens is 2. The third kappa shape index (κ3) is 3.72. The number of hydrogen-bond acceptors (Lipinski definition) is 7. The number of carbonyl (C=O) groups is 1. The van der Waals surface area contributed by atoms with Crippen molar-refractivity contribution in [3.63, 3.8) is 0 Å². The Kier molecular flexibility index (Phi) is 5.31. The first-order chi connectivity index (χ1) is 15.5. The standard InChI is InChI=1S/C21H21N5O4S2/c1-30-20-5-3-2-4-14(20)9-22-21(27)25-10-15-12-26(13-16(15)11-25)32(28,29)17-6-7-18-19(8-17)24-31-23-18/h2-8H,9-13H2,1H3,(H,22,27). The van der Waals surface area contributed by atoms with Gasteiger partial charge in [0.25, 0.3) is 0 Å². The average molecular weight is 472 g/mol. The smallest absolute Gasteiger partial charge is 0.318 e. The number of hydrogen-bond donors (Lipinski definition) is 1. The number of methoxy groups -OCH3 is 1. The van der Waals surface area contributed by atoms with Crippen molar-refractivity contribution in [2.24, 2.45) is 0 Å². The van der Waals surface area contributed by atoms with Crippen LogP contribution in [0.1, 0.15) is 5.56 Å². The molecular weight excluding hydrogens is 450 g/mol. The van der Waals surface area contributed by atoms with E-state index in [-0.39, 0.29) is 10.9 Å². The van der Waals surface area contributed by atoms with Crippen LogP contribution in [0.3, 0.4) is 0 Å². The van der Waals surface area contributed by atoms with Crippen molar-refractivity contribution >= 4 is 38.8 Å². The quantitative estimate of drug-likeness (QED) is 0.572. The summed E-state index contributed by atoms with van der Waals surface area (Å²) in [6.45, 7) is 1.80. The predicted octanol–water partition coefficient (Wildman–Crippen LogP) is 2.23. The largest absolute Gasteiger partial charge is 0.496 e. The van der Waals surface area contributed by atoms with E-state index in [0.717, 1.165) is 34.2 Å². The summed E-state index contributed by atoms with van der Waals surface area (Å²) in [6, 6.07) is 12.2. The number of para-hydroxylation sites is 1. The highest BCUT2D eigenvalue weighted by atomic mass is 32.2. The number of urea groups is 1. The molecule has 3 heterocycles. The maximum Gasteiger partial charge on any atom is 0.318 e. The van der Waals surface area contributed by atoms with Gasteiger partial charge in [0.2, 0.25) is 10.0 Å². The number of carbonyl (C=O) groups excluding carboxylic acids is 1. The Morgan fingerprint density at radius 3 is 2.53 bits per heavy atom. The van der Waals surface area contributed by atoms with E-state index in [1.54, 1.807) is 30.2 Å². The van der Waals surface area contributed by atoms with Gasteiger partial charge in [0.1, 0.15) is 16.8 Å². The Bertz CT molecular complexity index is 1320. The lowest BCUT2D eigenvalue weighted by atomic mass is 10.2. The molecule has 0 unspecified atom stereocenters. The summed E-state index contributed by atoms with van der Waals surface area (Å²) in [4.78, 5) is 14.6. The van der Waals surface area contributed by atoms with Crippen LogP contribution in [0.5, 0.6) is 5.75 Å². The zero-order valence-corrected chi connectivity index (χ0v) is 18.9. The molecule has 9 nitrogen and oxygen atoms in total. The fourth-order valence-electron chi connectivity index (χ4n) is 4.06. The van der Waals surface area contributed by atoms with Gasteiger partial charge in [0.15, 0.2) is 0 Å². The maximum atomic E-state index is 13.1. The van der Waals surface area contributed by atoms with Gasteiger partial charge in [-0.05, 0) is 35.4 Å². The summed E-state index contributed by atoms with van der Waals surface area (Å²) >= 11 is 1.06. The molecule has 0 aliphatic carbocycles. The zero-order chi connectivity index (χ0) is 22.3. The molecule has 1 aromatic heterocycles. The van der Waals surface area contributed by atoms with Gasteiger partial charge in [-0.3, -0.25) is 0 Å². The Labute approximate surface area is 189 Å². The zero-order valence-electron chi connectivity index (χ0n) is 17.3. The van der Waals surface area contributed by atoms with E-state index < -0.39 is 10.0 Å². The second kappa shape index (κ2) is 8.15. The van der Waals surface area contributed by atoms with Crippen LogP contribution >= 0.6 is 11.7 Å². The molecule has 166 valence electrons. The van der Waals surface area contributed by atoms with Gasteiger partial charge in [0, 0.05) is 38.3 Å². The molecule has 0 radical (unpaired) electrons. The number of ether oxygens (including phenoxy) is 1. The van der Waals surface area contributed by atoms with E-state index >= 15 is 0 Å². The van der Waals surface area contributed by atoms with E-state index in [9.17, 15) is 13.2 Å². The van der Waals surface area contributed by atoms with Gasteiger partial charge in [-0.15, -0.1) is 0 Å². The highest BCUT2D eigenvalue weighted by Crippen LogP contribution is 2.30. The van der Waals surface area contributed by atoms with Crippen LogP contribution in [-0.2, 0) is 16.6 Å². The highest BCUT2D eigenvalue weighted by Gasteiger charge is 2.37. The molecule has 0 spiro atoms. The monoisotopic (exact) mass is 471 g/mol. The molecule has 2 aliphatic rings. The fraction of sp³-hybridized carbons (Fsp3) is 0.286. The van der Waals surface area contributed by atoms with Crippen LogP contribution in [0.15, 0.2) is 58.5 Å². The van der Waals surface area contributed by atoms with Crippen molar-refractivity contribution < 1.29 is 17.9 Å². The Hall–Kier alpha value is -3.02. The van der Waals surface area contributed by atoms with E-state index in [1.807, 2.05) is 24.3 Å². The molecule has 0 fully saturated rings. The minimum absolute atomic E-state index is 0.179. The third-order valence-electron chi connectivity index (χ3n) is 5.77. The average Bonchev–Trinajstić information content (AvgIpc) is 3.51. The summed E-state index contributed by atoms with van der Waals surface area (Å²) in [7, 11) is -2.05. The minimum atomic E-state index is -3.65. The van der Waals surface area contributed by atoms with Gasteiger partial charge in [-0.25, -0.2) is 13.2 Å². The lowest BCUT2D eigenvalue weighted by Crippen LogP contribution is -2.41. The van der Waals surface area contributed by atoms with Gasteiger partial charge in [0.05, 0.1) is 23.7 Å². The number of amides is 2. The maximum absolute atomic E-state index is 13.1. The summed E-state index contributed by atoms with van der Waals surface area (Å²) < 4.78 is 41.3. The third-order valence-corrected chi connectivity index (χ3v) is 8.12. The van der Waals surface area contributed by atoms with Crippen LogP contribution in [0.4, 0.5) is 4.79 Å². The molecule has 0 saturated carbocycles. The number of fused-ring (bicyclic) bond motifs is 1. The second-order valence-corrected chi connectivity index (χ2v) is 10.2. The molecule has 5 rings (SSSR count). The van der Waals surface area contributed by atoms with Crippen LogP contribution < -0.4 is 10.1 Å².